The van der Waals surface area contributed by atoms with E-state index in [4.69, 9.17) is 0 Å². The highest BCUT2D eigenvalue weighted by Gasteiger charge is 2.29. The summed E-state index contributed by atoms with van der Waals surface area (Å²) in [7, 11) is 0. The molecule has 0 aliphatic heterocycles. The fraction of sp³-hybridized carbons (Fsp3) is 1.00. The highest BCUT2D eigenvalue weighted by molar-refractivity contribution is 14.1. The predicted molar refractivity (Wildman–Crippen MR) is 71.0 cm³/mol. The molecule has 0 amide bonds. The molecule has 0 aromatic heterocycles. The number of hydrogen-bond acceptors (Lipinski definition) is 0. The van der Waals surface area contributed by atoms with E-state index < -0.39 is 0 Å². The van der Waals surface area contributed by atoms with Crippen molar-refractivity contribution in [1.82, 2.24) is 0 Å². The number of rotatable bonds is 1. The van der Waals surface area contributed by atoms with E-state index in [0.717, 1.165) is 15.8 Å². The third-order valence-corrected chi connectivity index (χ3v) is 5.78. The molecule has 0 spiro atoms. The van der Waals surface area contributed by atoms with Gasteiger partial charge in [-0.15, -0.1) is 0 Å². The second-order valence-corrected chi connectivity index (χ2v) is 6.82. The van der Waals surface area contributed by atoms with Gasteiger partial charge in [-0.1, -0.05) is 74.0 Å². The average molecular weight is 306 g/mol. The van der Waals surface area contributed by atoms with Gasteiger partial charge in [-0.2, -0.15) is 0 Å². The first kappa shape index (κ1) is 11.2. The van der Waals surface area contributed by atoms with Crippen molar-refractivity contribution in [2.45, 2.75) is 68.1 Å². The standard InChI is InChI=1S/C13H23I/c14-13-10-6-2-5-9-12(13)11-7-3-1-4-8-11/h11-13H,1-10H2. The molecule has 2 rings (SSSR count). The minimum absolute atomic E-state index is 0.998. The third-order valence-electron chi connectivity index (χ3n) is 4.24. The van der Waals surface area contributed by atoms with Crippen molar-refractivity contribution in [3.8, 4) is 0 Å². The normalized spacial score (nSPS) is 36.6. The van der Waals surface area contributed by atoms with Crippen molar-refractivity contribution in [3.05, 3.63) is 0 Å². The van der Waals surface area contributed by atoms with Gasteiger partial charge in [-0.3, -0.25) is 0 Å². The molecule has 0 bridgehead atoms. The minimum atomic E-state index is 0.998. The van der Waals surface area contributed by atoms with Crippen molar-refractivity contribution in [3.63, 3.8) is 0 Å². The van der Waals surface area contributed by atoms with Crippen LogP contribution in [0.1, 0.15) is 64.2 Å². The lowest BCUT2D eigenvalue weighted by Crippen LogP contribution is -2.24. The van der Waals surface area contributed by atoms with E-state index in [1.807, 2.05) is 0 Å². The molecular weight excluding hydrogens is 283 g/mol. The SMILES string of the molecule is IC1CCCCCC1C1CCCCC1. The molecule has 1 heteroatoms. The maximum Gasteiger partial charge on any atom is 0.0140 e. The first-order chi connectivity index (χ1) is 6.88. The summed E-state index contributed by atoms with van der Waals surface area (Å²) in [5.41, 5.74) is 0. The van der Waals surface area contributed by atoms with E-state index in [1.54, 1.807) is 12.8 Å². The molecule has 2 unspecified atom stereocenters. The second kappa shape index (κ2) is 5.72. The Morgan fingerprint density at radius 1 is 0.643 bits per heavy atom. The molecule has 2 saturated carbocycles. The molecule has 0 saturated heterocycles. The zero-order chi connectivity index (χ0) is 9.80. The van der Waals surface area contributed by atoms with Crippen LogP contribution in [0.25, 0.3) is 0 Å². The molecule has 0 nitrogen and oxygen atoms in total. The Labute approximate surface area is 102 Å². The quantitative estimate of drug-likeness (QED) is 0.365. The number of alkyl halides is 1. The van der Waals surface area contributed by atoms with Crippen LogP contribution in [0.3, 0.4) is 0 Å². The highest BCUT2D eigenvalue weighted by atomic mass is 127. The van der Waals surface area contributed by atoms with E-state index >= 15 is 0 Å². The molecule has 2 atom stereocenters. The van der Waals surface area contributed by atoms with Gasteiger partial charge in [0.1, 0.15) is 0 Å². The minimum Gasteiger partial charge on any atom is -0.0823 e. The maximum atomic E-state index is 2.75. The molecule has 0 aromatic carbocycles. The Morgan fingerprint density at radius 2 is 1.21 bits per heavy atom. The Kier molecular flexibility index (Phi) is 4.58. The van der Waals surface area contributed by atoms with Gasteiger partial charge in [-0.25, -0.2) is 0 Å². The number of hydrogen-bond donors (Lipinski definition) is 0. The van der Waals surface area contributed by atoms with Crippen LogP contribution in [0.2, 0.25) is 0 Å². The summed E-state index contributed by atoms with van der Waals surface area (Å²) < 4.78 is 0.998. The summed E-state index contributed by atoms with van der Waals surface area (Å²) >= 11 is 2.75. The summed E-state index contributed by atoms with van der Waals surface area (Å²) in [5, 5.41) is 0. The van der Waals surface area contributed by atoms with Crippen LogP contribution < -0.4 is 0 Å². The van der Waals surface area contributed by atoms with Gasteiger partial charge in [0, 0.05) is 3.92 Å². The summed E-state index contributed by atoms with van der Waals surface area (Å²) in [4.78, 5) is 0. The second-order valence-electron chi connectivity index (χ2n) is 5.22. The monoisotopic (exact) mass is 306 g/mol. The van der Waals surface area contributed by atoms with Crippen LogP contribution in [0.4, 0.5) is 0 Å². The Morgan fingerprint density at radius 3 is 1.93 bits per heavy atom. The third kappa shape index (κ3) is 2.86. The molecule has 2 fully saturated rings. The molecule has 82 valence electrons. The molecule has 2 aliphatic rings. The number of halogens is 1. The van der Waals surface area contributed by atoms with E-state index in [1.165, 1.54) is 51.4 Å². The van der Waals surface area contributed by atoms with Gasteiger partial charge >= 0.3 is 0 Å². The van der Waals surface area contributed by atoms with Crippen LogP contribution in [0.15, 0.2) is 0 Å². The van der Waals surface area contributed by atoms with E-state index in [2.05, 4.69) is 22.6 Å². The van der Waals surface area contributed by atoms with Crippen LogP contribution >= 0.6 is 22.6 Å². The molecule has 0 N–H and O–H groups in total. The molecule has 0 heterocycles. The maximum absolute atomic E-state index is 2.75. The molecular formula is C13H23I. The first-order valence-corrected chi connectivity index (χ1v) is 7.76. The fourth-order valence-corrected chi connectivity index (χ4v) is 4.77. The van der Waals surface area contributed by atoms with Crippen LogP contribution in [0.5, 0.6) is 0 Å². The molecule has 0 aromatic rings. The smallest absolute Gasteiger partial charge is 0.0140 e. The van der Waals surface area contributed by atoms with Crippen LogP contribution in [0, 0.1) is 11.8 Å². The van der Waals surface area contributed by atoms with Gasteiger partial charge in [0.25, 0.3) is 0 Å². The average Bonchev–Trinajstić information content (AvgIpc) is 2.44. The van der Waals surface area contributed by atoms with Crippen molar-refractivity contribution in [2.24, 2.45) is 11.8 Å². The van der Waals surface area contributed by atoms with Crippen LogP contribution in [-0.4, -0.2) is 3.92 Å². The van der Waals surface area contributed by atoms with Crippen molar-refractivity contribution < 1.29 is 0 Å². The molecule has 2 aliphatic carbocycles. The first-order valence-electron chi connectivity index (χ1n) is 6.52. The van der Waals surface area contributed by atoms with E-state index in [-0.39, 0.29) is 0 Å². The zero-order valence-corrected chi connectivity index (χ0v) is 11.3. The molecule has 14 heavy (non-hydrogen) atoms. The van der Waals surface area contributed by atoms with Crippen LogP contribution in [-0.2, 0) is 0 Å². The highest BCUT2D eigenvalue weighted by Crippen LogP contribution is 2.40. The lowest BCUT2D eigenvalue weighted by Gasteiger charge is -2.32. The van der Waals surface area contributed by atoms with Gasteiger partial charge in [0.05, 0.1) is 0 Å². The van der Waals surface area contributed by atoms with Crippen molar-refractivity contribution in [2.75, 3.05) is 0 Å². The van der Waals surface area contributed by atoms with Gasteiger partial charge in [0.15, 0.2) is 0 Å². The Bertz CT molecular complexity index is 161. The predicted octanol–water partition coefficient (Wildman–Crippen LogP) is 4.95. The summed E-state index contributed by atoms with van der Waals surface area (Å²) in [6.45, 7) is 0. The Hall–Kier alpha value is 0.730. The van der Waals surface area contributed by atoms with E-state index in [0.29, 0.717) is 0 Å². The lowest BCUT2D eigenvalue weighted by atomic mass is 9.77. The summed E-state index contributed by atoms with van der Waals surface area (Å²) in [6.07, 6.45) is 15.2. The summed E-state index contributed by atoms with van der Waals surface area (Å²) in [5.74, 6) is 2.18. The van der Waals surface area contributed by atoms with Gasteiger partial charge < -0.3 is 0 Å². The topological polar surface area (TPSA) is 0 Å². The van der Waals surface area contributed by atoms with Crippen molar-refractivity contribution >= 4 is 22.6 Å². The van der Waals surface area contributed by atoms with Gasteiger partial charge in [-0.05, 0) is 24.7 Å². The van der Waals surface area contributed by atoms with Gasteiger partial charge in [0.2, 0.25) is 0 Å². The lowest BCUT2D eigenvalue weighted by molar-refractivity contribution is 0.237. The van der Waals surface area contributed by atoms with E-state index in [9.17, 15) is 0 Å². The fourth-order valence-electron chi connectivity index (χ4n) is 3.38. The largest absolute Gasteiger partial charge is 0.0823 e. The summed E-state index contributed by atoms with van der Waals surface area (Å²) in [6, 6.07) is 0. The molecule has 0 radical (unpaired) electrons. The zero-order valence-electron chi connectivity index (χ0n) is 9.18. The Balaban J connectivity index is 1.91. The van der Waals surface area contributed by atoms with Crippen molar-refractivity contribution in [1.29, 1.82) is 0 Å².